The molecule has 2 aliphatic heterocycles. The third-order valence-electron chi connectivity index (χ3n) is 4.38. The van der Waals surface area contributed by atoms with Crippen molar-refractivity contribution in [3.8, 4) is 0 Å². The lowest BCUT2D eigenvalue weighted by Gasteiger charge is -2.32. The smallest absolute Gasteiger partial charge is 0.294 e. The minimum Gasteiger partial charge on any atom is -0.378 e. The number of hydrogen-bond donors (Lipinski definition) is 0. The van der Waals surface area contributed by atoms with Crippen LogP contribution in [0.25, 0.3) is 12.2 Å². The van der Waals surface area contributed by atoms with Gasteiger partial charge in [-0.15, -0.1) is 0 Å². The van der Waals surface area contributed by atoms with Crippen molar-refractivity contribution in [1.29, 1.82) is 0 Å². The monoisotopic (exact) mass is 318 g/mol. The van der Waals surface area contributed by atoms with Crippen LogP contribution >= 0.6 is 0 Å². The molecule has 2 aliphatic rings. The average molecular weight is 318 g/mol. The Morgan fingerprint density at radius 3 is 2.54 bits per heavy atom. The number of rotatable bonds is 2. The van der Waals surface area contributed by atoms with Crippen LogP contribution in [0, 0.1) is 0 Å². The normalized spacial score (nSPS) is 17.5. The van der Waals surface area contributed by atoms with E-state index in [-0.39, 0.29) is 5.91 Å². The first-order chi connectivity index (χ1) is 11.7. The second kappa shape index (κ2) is 6.06. The second-order valence-electron chi connectivity index (χ2n) is 5.96. The molecule has 0 atom stereocenters. The zero-order chi connectivity index (χ0) is 16.5. The molecular formula is C20H18N2O2. The van der Waals surface area contributed by atoms with Crippen molar-refractivity contribution in [3.63, 3.8) is 0 Å². The average Bonchev–Trinajstić information content (AvgIpc) is 2.62. The third-order valence-corrected chi connectivity index (χ3v) is 4.38. The number of carbonyl (C=O) groups is 1. The molecule has 4 rings (SSSR count). The predicted molar refractivity (Wildman–Crippen MR) is 92.6 cm³/mol. The minimum atomic E-state index is -0.180. The Kier molecular flexibility index (Phi) is 3.75. The van der Waals surface area contributed by atoms with E-state index in [1.165, 1.54) is 0 Å². The molecule has 0 unspecified atom stereocenters. The summed E-state index contributed by atoms with van der Waals surface area (Å²) in [6, 6.07) is 15.8. The maximum atomic E-state index is 12.8. The van der Waals surface area contributed by atoms with Gasteiger partial charge < -0.3 is 9.64 Å². The topological polar surface area (TPSA) is 41.9 Å². The summed E-state index contributed by atoms with van der Waals surface area (Å²) in [7, 11) is 0. The van der Waals surface area contributed by atoms with E-state index in [9.17, 15) is 4.79 Å². The first kappa shape index (κ1) is 14.8. The molecule has 2 heterocycles. The molecule has 120 valence electrons. The van der Waals surface area contributed by atoms with Gasteiger partial charge in [0.2, 0.25) is 0 Å². The first-order valence-electron chi connectivity index (χ1n) is 8.09. The quantitative estimate of drug-likeness (QED) is 0.839. The van der Waals surface area contributed by atoms with Crippen molar-refractivity contribution in [2.45, 2.75) is 0 Å². The highest BCUT2D eigenvalue weighted by Crippen LogP contribution is 2.29. The van der Waals surface area contributed by atoms with Crippen molar-refractivity contribution in [2.75, 3.05) is 26.3 Å². The van der Waals surface area contributed by atoms with Crippen LogP contribution in [0.4, 0.5) is 0 Å². The highest BCUT2D eigenvalue weighted by atomic mass is 16.5. The van der Waals surface area contributed by atoms with Crippen LogP contribution in [0.5, 0.6) is 0 Å². The number of fused-ring (bicyclic) bond motifs is 1. The minimum absolute atomic E-state index is 0.180. The van der Waals surface area contributed by atoms with Gasteiger partial charge in [0.15, 0.2) is 0 Å². The lowest BCUT2D eigenvalue weighted by molar-refractivity contribution is -0.116. The van der Waals surface area contributed by atoms with Crippen LogP contribution in [0.15, 0.2) is 59.2 Å². The molecule has 0 spiro atoms. The first-order valence-corrected chi connectivity index (χ1v) is 8.09. The maximum Gasteiger partial charge on any atom is 0.294 e. The van der Waals surface area contributed by atoms with Gasteiger partial charge in [-0.05, 0) is 22.9 Å². The maximum absolute atomic E-state index is 12.8. The van der Waals surface area contributed by atoms with Crippen LogP contribution in [0.2, 0.25) is 0 Å². The van der Waals surface area contributed by atoms with E-state index in [1.54, 1.807) is 0 Å². The molecule has 1 amide bonds. The Balaban J connectivity index is 2.00. The van der Waals surface area contributed by atoms with Gasteiger partial charge >= 0.3 is 0 Å². The Hall–Kier alpha value is -2.72. The summed E-state index contributed by atoms with van der Waals surface area (Å²) in [5.41, 5.74) is 3.60. The number of benzene rings is 2. The molecule has 0 bridgehead atoms. The fraction of sp³-hybridized carbons (Fsp3) is 0.200. The second-order valence-corrected chi connectivity index (χ2v) is 5.96. The lowest BCUT2D eigenvalue weighted by Crippen LogP contribution is -2.40. The molecule has 2 aromatic carbocycles. The third kappa shape index (κ3) is 2.55. The van der Waals surface area contributed by atoms with Crippen LogP contribution in [-0.4, -0.2) is 37.1 Å². The number of nitrogens with zero attached hydrogens (tertiary/aromatic N) is 2. The van der Waals surface area contributed by atoms with E-state index in [4.69, 9.17) is 4.74 Å². The fourth-order valence-corrected chi connectivity index (χ4v) is 3.26. The summed E-state index contributed by atoms with van der Waals surface area (Å²) < 4.78 is 5.44. The summed E-state index contributed by atoms with van der Waals surface area (Å²) in [6.45, 7) is 6.68. The number of morpholine rings is 1. The van der Waals surface area contributed by atoms with E-state index < -0.39 is 0 Å². The van der Waals surface area contributed by atoms with Crippen molar-refractivity contribution in [3.05, 3.63) is 75.9 Å². The van der Waals surface area contributed by atoms with E-state index >= 15 is 0 Å². The summed E-state index contributed by atoms with van der Waals surface area (Å²) in [5, 5.41) is 1.62. The van der Waals surface area contributed by atoms with Gasteiger partial charge in [0.1, 0.15) is 5.70 Å². The molecule has 0 saturated carbocycles. The lowest BCUT2D eigenvalue weighted by atomic mass is 9.92. The molecular weight excluding hydrogens is 300 g/mol. The Morgan fingerprint density at radius 1 is 1.04 bits per heavy atom. The number of amides is 1. The molecule has 0 radical (unpaired) electrons. The highest BCUT2D eigenvalue weighted by molar-refractivity contribution is 6.06. The largest absolute Gasteiger partial charge is 0.378 e. The van der Waals surface area contributed by atoms with Crippen molar-refractivity contribution in [1.82, 2.24) is 4.90 Å². The zero-order valence-electron chi connectivity index (χ0n) is 13.4. The Morgan fingerprint density at radius 2 is 1.79 bits per heavy atom. The van der Waals surface area contributed by atoms with Gasteiger partial charge in [-0.1, -0.05) is 43.0 Å². The Labute approximate surface area is 140 Å². The van der Waals surface area contributed by atoms with Gasteiger partial charge in [0.25, 0.3) is 5.91 Å². The summed E-state index contributed by atoms with van der Waals surface area (Å²) in [5.74, 6) is -0.180. The van der Waals surface area contributed by atoms with E-state index in [1.807, 2.05) is 48.5 Å². The van der Waals surface area contributed by atoms with Gasteiger partial charge in [0.05, 0.1) is 18.6 Å². The number of hydrogen-bond acceptors (Lipinski definition) is 3. The molecule has 2 aromatic rings. The van der Waals surface area contributed by atoms with Crippen LogP contribution in [0.3, 0.4) is 0 Å². The van der Waals surface area contributed by atoms with Crippen molar-refractivity contribution < 1.29 is 9.53 Å². The predicted octanol–water partition coefficient (Wildman–Crippen LogP) is 1.35. The highest BCUT2D eigenvalue weighted by Gasteiger charge is 2.28. The van der Waals surface area contributed by atoms with Gasteiger partial charge in [-0.25, -0.2) is 4.99 Å². The summed E-state index contributed by atoms with van der Waals surface area (Å²) >= 11 is 0. The molecule has 1 fully saturated rings. The van der Waals surface area contributed by atoms with Crippen LogP contribution in [-0.2, 0) is 9.53 Å². The molecule has 1 saturated heterocycles. The molecule has 4 heteroatoms. The zero-order valence-corrected chi connectivity index (χ0v) is 13.4. The van der Waals surface area contributed by atoms with E-state index in [0.29, 0.717) is 37.4 Å². The van der Waals surface area contributed by atoms with Crippen molar-refractivity contribution >= 4 is 18.1 Å². The number of ether oxygens (including phenoxy) is 1. The molecule has 24 heavy (non-hydrogen) atoms. The van der Waals surface area contributed by atoms with Gasteiger partial charge in [-0.2, -0.15) is 0 Å². The summed E-state index contributed by atoms with van der Waals surface area (Å²) in [4.78, 5) is 19.2. The molecule has 0 aliphatic carbocycles. The van der Waals surface area contributed by atoms with Gasteiger partial charge in [-0.3, -0.25) is 4.79 Å². The fourth-order valence-electron chi connectivity index (χ4n) is 3.26. The van der Waals surface area contributed by atoms with Crippen molar-refractivity contribution in [2.24, 2.45) is 4.99 Å². The summed E-state index contributed by atoms with van der Waals surface area (Å²) in [6.07, 6.45) is 0. The number of carbonyl (C=O) groups excluding carboxylic acids is 1. The van der Waals surface area contributed by atoms with Crippen LogP contribution in [0.1, 0.15) is 11.1 Å². The molecule has 0 N–H and O–H groups in total. The van der Waals surface area contributed by atoms with E-state index in [0.717, 1.165) is 21.9 Å². The van der Waals surface area contributed by atoms with Gasteiger partial charge in [0, 0.05) is 24.2 Å². The van der Waals surface area contributed by atoms with Crippen LogP contribution < -0.4 is 10.6 Å². The van der Waals surface area contributed by atoms with E-state index in [2.05, 4.69) is 16.5 Å². The SMILES string of the molecule is C=c1ccc2c(c1)C(c1ccccc1)=C(N1CCOCC1)C(=O)N=2. The Bertz CT molecular complexity index is 926. The molecule has 4 nitrogen and oxygen atoms in total. The standard InChI is InChI=1S/C20H18N2O2/c1-14-7-8-17-16(13-14)18(15-5-3-2-4-6-15)19(20(23)21-17)22-9-11-24-12-10-22/h2-8,13H,1,9-12H2. The molecule has 0 aromatic heterocycles.